The first-order valence-electron chi connectivity index (χ1n) is 11.5. The molecular weight excluding hydrogens is 460 g/mol. The van der Waals surface area contributed by atoms with Gasteiger partial charge in [-0.1, -0.05) is 23.4 Å². The fourth-order valence-electron chi connectivity index (χ4n) is 4.55. The molecule has 0 saturated carbocycles. The third kappa shape index (κ3) is 4.17. The number of carboxylic acid groups (broad SMARTS) is 1. The number of H-pyrrole nitrogens is 1. The molecule has 5 aromatic rings. The molecule has 0 aliphatic rings. The Hall–Kier alpha value is -4.60. The Bertz CT molecular complexity index is 1580. The molecule has 5 rings (SSSR count). The number of aromatic amines is 1. The van der Waals surface area contributed by atoms with Crippen molar-refractivity contribution >= 4 is 39.5 Å². The normalized spacial score (nSPS) is 11.2. The number of carbonyl (C=O) groups is 1. The highest BCUT2D eigenvalue weighted by Crippen LogP contribution is 2.41. The molecule has 184 valence electrons. The molecule has 10 heteroatoms. The fraction of sp³-hybridized carbons (Fsp3) is 0.231. The lowest BCUT2D eigenvalue weighted by atomic mass is 10.0. The highest BCUT2D eigenvalue weighted by atomic mass is 16.5. The average molecular weight is 487 g/mol. The van der Waals surface area contributed by atoms with Crippen molar-refractivity contribution < 1.29 is 19.2 Å². The molecule has 0 spiro atoms. The van der Waals surface area contributed by atoms with Crippen LogP contribution in [0.25, 0.3) is 33.1 Å². The van der Waals surface area contributed by atoms with Gasteiger partial charge in [-0.15, -0.1) is 0 Å². The Morgan fingerprint density at radius 1 is 1.17 bits per heavy atom. The van der Waals surface area contributed by atoms with E-state index in [1.807, 2.05) is 57.2 Å². The van der Waals surface area contributed by atoms with Gasteiger partial charge in [0.1, 0.15) is 28.8 Å². The van der Waals surface area contributed by atoms with Crippen molar-refractivity contribution in [2.75, 3.05) is 19.0 Å². The largest absolute Gasteiger partial charge is 0.496 e. The molecule has 0 radical (unpaired) electrons. The number of nitrogens with one attached hydrogen (secondary N) is 3. The molecule has 0 bridgehead atoms. The van der Waals surface area contributed by atoms with E-state index in [-0.39, 0.29) is 0 Å². The maximum absolute atomic E-state index is 10.9. The number of nitrogens with zero attached hydrogens (tertiary/aromatic N) is 3. The molecule has 0 saturated heterocycles. The van der Waals surface area contributed by atoms with E-state index in [1.54, 1.807) is 7.11 Å². The van der Waals surface area contributed by atoms with Crippen molar-refractivity contribution in [1.29, 1.82) is 0 Å². The van der Waals surface area contributed by atoms with Gasteiger partial charge in [0.05, 0.1) is 23.8 Å². The van der Waals surface area contributed by atoms with Crippen molar-refractivity contribution in [2.45, 2.75) is 27.2 Å². The van der Waals surface area contributed by atoms with Gasteiger partial charge in [-0.2, -0.15) is 0 Å². The summed E-state index contributed by atoms with van der Waals surface area (Å²) in [5.41, 5.74) is 5.95. The third-order valence-corrected chi connectivity index (χ3v) is 6.13. The Kier molecular flexibility index (Phi) is 5.93. The third-order valence-electron chi connectivity index (χ3n) is 6.13. The Morgan fingerprint density at radius 2 is 1.97 bits per heavy atom. The van der Waals surface area contributed by atoms with Gasteiger partial charge < -0.3 is 30.0 Å². The molecule has 0 aliphatic carbocycles. The summed E-state index contributed by atoms with van der Waals surface area (Å²) in [6.07, 6.45) is -0.511. The number of aromatic nitrogens is 4. The fourth-order valence-corrected chi connectivity index (χ4v) is 4.55. The first-order chi connectivity index (χ1) is 17.4. The molecule has 3 heterocycles. The second-order valence-electron chi connectivity index (χ2n) is 8.53. The zero-order valence-corrected chi connectivity index (χ0v) is 20.4. The van der Waals surface area contributed by atoms with Crippen molar-refractivity contribution in [3.05, 3.63) is 59.2 Å². The molecule has 1 amide bonds. The van der Waals surface area contributed by atoms with E-state index in [2.05, 4.69) is 25.8 Å². The number of rotatable bonds is 7. The summed E-state index contributed by atoms with van der Waals surface area (Å²) >= 11 is 0. The number of hydrogen-bond acceptors (Lipinski definition) is 7. The summed E-state index contributed by atoms with van der Waals surface area (Å²) in [6.45, 7) is 5.93. The van der Waals surface area contributed by atoms with Crippen molar-refractivity contribution in [1.82, 2.24) is 25.4 Å². The maximum Gasteiger partial charge on any atom is 0.404 e. The van der Waals surface area contributed by atoms with E-state index in [0.29, 0.717) is 41.8 Å². The molecule has 10 nitrogen and oxygen atoms in total. The second-order valence-corrected chi connectivity index (χ2v) is 8.53. The summed E-state index contributed by atoms with van der Waals surface area (Å²) in [4.78, 5) is 23.6. The van der Waals surface area contributed by atoms with E-state index in [1.165, 1.54) is 0 Å². The molecule has 3 aromatic heterocycles. The zero-order chi connectivity index (χ0) is 25.4. The topological polar surface area (TPSA) is 138 Å². The lowest BCUT2D eigenvalue weighted by Gasteiger charge is -2.13. The van der Waals surface area contributed by atoms with E-state index >= 15 is 0 Å². The molecule has 4 N–H and O–H groups in total. The summed E-state index contributed by atoms with van der Waals surface area (Å²) in [5.74, 6) is 2.66. The van der Waals surface area contributed by atoms with Crippen LogP contribution < -0.4 is 15.4 Å². The number of methoxy groups -OCH3 is 1. The van der Waals surface area contributed by atoms with Gasteiger partial charge in [-0.05, 0) is 51.0 Å². The van der Waals surface area contributed by atoms with Gasteiger partial charge in [0, 0.05) is 28.7 Å². The number of fused-ring (bicyclic) bond motifs is 3. The van der Waals surface area contributed by atoms with Crippen molar-refractivity contribution in [3.8, 4) is 16.9 Å². The highest BCUT2D eigenvalue weighted by Gasteiger charge is 2.21. The molecule has 0 fully saturated rings. The predicted octanol–water partition coefficient (Wildman–Crippen LogP) is 5.25. The zero-order valence-electron chi connectivity index (χ0n) is 20.4. The molecule has 36 heavy (non-hydrogen) atoms. The number of para-hydroxylation sites is 1. The van der Waals surface area contributed by atoms with Crippen LogP contribution in [0.3, 0.4) is 0 Å². The van der Waals surface area contributed by atoms with Crippen molar-refractivity contribution in [2.24, 2.45) is 0 Å². The number of benzene rings is 2. The number of ether oxygens (including phenoxy) is 1. The first kappa shape index (κ1) is 23.2. The van der Waals surface area contributed by atoms with Crippen molar-refractivity contribution in [3.63, 3.8) is 0 Å². The Morgan fingerprint density at radius 3 is 2.69 bits per heavy atom. The van der Waals surface area contributed by atoms with Gasteiger partial charge in [0.2, 0.25) is 0 Å². The van der Waals surface area contributed by atoms with Crippen LogP contribution in [0.1, 0.15) is 22.8 Å². The predicted molar refractivity (Wildman–Crippen MR) is 137 cm³/mol. The standard InChI is InChI=1S/C26H26N6O4/c1-13-22(14(2)36-32-13)18-11-20-17(12-21(18)35-4)23-24(28-15(3)29-25(23)31-20)30-19-8-6-5-7-16(19)9-10-27-26(33)34/h5-8,11-12,27H,9-10H2,1-4H3,(H,33,34)(H2,28,29,30,31). The van der Waals surface area contributed by atoms with Crippen LogP contribution in [0.5, 0.6) is 5.75 Å². The number of aryl methyl sites for hydroxylation is 3. The molecule has 0 atom stereocenters. The maximum atomic E-state index is 10.9. The number of amides is 1. The van der Waals surface area contributed by atoms with E-state index in [9.17, 15) is 4.79 Å². The summed E-state index contributed by atoms with van der Waals surface area (Å²) < 4.78 is 11.2. The smallest absolute Gasteiger partial charge is 0.404 e. The minimum absolute atomic E-state index is 0.307. The van der Waals surface area contributed by atoms with Crippen LogP contribution in [0.4, 0.5) is 16.3 Å². The highest BCUT2D eigenvalue weighted by molar-refractivity contribution is 6.13. The first-order valence-corrected chi connectivity index (χ1v) is 11.5. The minimum Gasteiger partial charge on any atom is -0.496 e. The monoisotopic (exact) mass is 486 g/mol. The molecule has 0 unspecified atom stereocenters. The second kappa shape index (κ2) is 9.21. The summed E-state index contributed by atoms with van der Waals surface area (Å²) in [6, 6.07) is 11.8. The van der Waals surface area contributed by atoms with E-state index in [4.69, 9.17) is 19.4 Å². The van der Waals surface area contributed by atoms with Gasteiger partial charge >= 0.3 is 6.09 Å². The van der Waals surface area contributed by atoms with Crippen LogP contribution in [0.15, 0.2) is 40.9 Å². The molecular formula is C26H26N6O4. The molecule has 2 aromatic carbocycles. The van der Waals surface area contributed by atoms with Crippen LogP contribution >= 0.6 is 0 Å². The lowest BCUT2D eigenvalue weighted by Crippen LogP contribution is -2.23. The van der Waals surface area contributed by atoms with Crippen LogP contribution in [-0.2, 0) is 6.42 Å². The van der Waals surface area contributed by atoms with Crippen LogP contribution in [0.2, 0.25) is 0 Å². The van der Waals surface area contributed by atoms with Gasteiger partial charge in [0.15, 0.2) is 0 Å². The quantitative estimate of drug-likeness (QED) is 0.245. The van der Waals surface area contributed by atoms with E-state index < -0.39 is 6.09 Å². The average Bonchev–Trinajstić information content (AvgIpc) is 3.36. The lowest BCUT2D eigenvalue weighted by molar-refractivity contribution is 0.194. The minimum atomic E-state index is -1.04. The van der Waals surface area contributed by atoms with Gasteiger partial charge in [-0.25, -0.2) is 14.8 Å². The van der Waals surface area contributed by atoms with Gasteiger partial charge in [0.25, 0.3) is 0 Å². The number of hydrogen-bond donors (Lipinski definition) is 4. The van der Waals surface area contributed by atoms with Crippen LogP contribution in [0, 0.1) is 20.8 Å². The van der Waals surface area contributed by atoms with E-state index in [0.717, 1.165) is 44.4 Å². The van der Waals surface area contributed by atoms with Gasteiger partial charge in [-0.3, -0.25) is 0 Å². The Labute approximate surface area is 206 Å². The van der Waals surface area contributed by atoms with Crippen LogP contribution in [-0.4, -0.2) is 45.0 Å². The summed E-state index contributed by atoms with van der Waals surface area (Å²) in [7, 11) is 1.64. The number of anilines is 2. The SMILES string of the molecule is COc1cc2c(cc1-c1c(C)noc1C)[nH]c1nc(C)nc(Nc3ccccc3CCNC(=O)O)c12. The Balaban J connectivity index is 1.63. The molecule has 0 aliphatic heterocycles. The summed E-state index contributed by atoms with van der Waals surface area (Å²) in [5, 5.41) is 20.6.